The van der Waals surface area contributed by atoms with Gasteiger partial charge in [0.25, 0.3) is 5.91 Å². The number of rotatable bonds is 4. The first-order valence-electron chi connectivity index (χ1n) is 9.32. The maximum absolute atomic E-state index is 12.9. The molecule has 0 radical (unpaired) electrons. The lowest BCUT2D eigenvalue weighted by molar-refractivity contribution is 0.102. The van der Waals surface area contributed by atoms with E-state index in [0.717, 1.165) is 24.9 Å². The molecule has 28 heavy (non-hydrogen) atoms. The van der Waals surface area contributed by atoms with Crippen molar-refractivity contribution in [3.05, 3.63) is 60.4 Å². The number of nitrogens with zero attached hydrogens (tertiary/aromatic N) is 3. The maximum Gasteiger partial charge on any atom is 0.256 e. The number of fused-ring (bicyclic) bond motifs is 1. The topological polar surface area (TPSA) is 83.8 Å². The molecular weight excluding hydrogens is 376 g/mol. The Morgan fingerprint density at radius 2 is 1.93 bits per heavy atom. The lowest BCUT2D eigenvalue weighted by Gasteiger charge is -2.32. The number of hydrogen-bond acceptors (Lipinski definition) is 4. The Morgan fingerprint density at radius 3 is 2.68 bits per heavy atom. The van der Waals surface area contributed by atoms with Crippen molar-refractivity contribution in [2.75, 3.05) is 11.9 Å². The van der Waals surface area contributed by atoms with Gasteiger partial charge < -0.3 is 5.32 Å². The summed E-state index contributed by atoms with van der Waals surface area (Å²) in [6.45, 7) is 2.48. The molecule has 146 valence electrons. The summed E-state index contributed by atoms with van der Waals surface area (Å²) in [4.78, 5) is 17.0. The van der Waals surface area contributed by atoms with E-state index in [1.165, 1.54) is 12.1 Å². The minimum Gasteiger partial charge on any atom is -0.308 e. The van der Waals surface area contributed by atoms with Crippen LogP contribution < -0.4 is 5.32 Å². The molecule has 3 heterocycles. The molecule has 0 spiro atoms. The van der Waals surface area contributed by atoms with E-state index in [1.54, 1.807) is 39.3 Å². The average Bonchev–Trinajstić information content (AvgIpc) is 3.18. The molecule has 1 fully saturated rings. The fourth-order valence-corrected chi connectivity index (χ4v) is 5.28. The molecule has 2 aromatic heterocycles. The lowest BCUT2D eigenvalue weighted by atomic mass is 10.1. The van der Waals surface area contributed by atoms with Gasteiger partial charge in [-0.15, -0.1) is 0 Å². The number of nitrogens with one attached hydrogen (secondary N) is 1. The Morgan fingerprint density at radius 1 is 1.14 bits per heavy atom. The quantitative estimate of drug-likeness (QED) is 0.732. The van der Waals surface area contributed by atoms with Crippen molar-refractivity contribution >= 4 is 27.4 Å². The van der Waals surface area contributed by atoms with E-state index in [1.807, 2.05) is 19.1 Å². The zero-order valence-corrected chi connectivity index (χ0v) is 16.4. The minimum atomic E-state index is -3.54. The van der Waals surface area contributed by atoms with E-state index in [4.69, 9.17) is 0 Å². The molecule has 1 N–H and O–H groups in total. The van der Waals surface area contributed by atoms with Gasteiger partial charge in [-0.2, -0.15) is 4.31 Å². The van der Waals surface area contributed by atoms with Crippen molar-refractivity contribution in [3.8, 4) is 0 Å². The second-order valence-electron chi connectivity index (χ2n) is 7.01. The van der Waals surface area contributed by atoms with Crippen LogP contribution in [-0.2, 0) is 10.0 Å². The molecule has 0 aliphatic carbocycles. The van der Waals surface area contributed by atoms with E-state index in [0.29, 0.717) is 17.9 Å². The average molecular weight is 398 g/mol. The van der Waals surface area contributed by atoms with Crippen LogP contribution in [-0.4, -0.2) is 40.6 Å². The molecule has 0 bridgehead atoms. The zero-order valence-electron chi connectivity index (χ0n) is 15.6. The van der Waals surface area contributed by atoms with Crippen molar-refractivity contribution in [1.82, 2.24) is 13.7 Å². The number of amides is 1. The van der Waals surface area contributed by atoms with E-state index in [2.05, 4.69) is 10.3 Å². The summed E-state index contributed by atoms with van der Waals surface area (Å²) < 4.78 is 29.1. The SMILES string of the molecule is C[C@@H]1CCCCN1S(=O)(=O)c1ccc(C(=O)Nc2cccc3nccn23)cc1. The van der Waals surface area contributed by atoms with Crippen molar-refractivity contribution < 1.29 is 13.2 Å². The third-order valence-electron chi connectivity index (χ3n) is 5.14. The summed E-state index contributed by atoms with van der Waals surface area (Å²) in [6, 6.07) is 11.5. The van der Waals surface area contributed by atoms with Gasteiger partial charge in [0.05, 0.1) is 4.90 Å². The van der Waals surface area contributed by atoms with Crippen LogP contribution >= 0.6 is 0 Å². The highest BCUT2D eigenvalue weighted by atomic mass is 32.2. The summed E-state index contributed by atoms with van der Waals surface area (Å²) in [7, 11) is -3.54. The number of imidazole rings is 1. The highest BCUT2D eigenvalue weighted by Gasteiger charge is 2.30. The third kappa shape index (κ3) is 3.41. The van der Waals surface area contributed by atoms with Crippen LogP contribution in [0.1, 0.15) is 36.5 Å². The number of carbonyl (C=O) groups excluding carboxylic acids is 1. The summed E-state index contributed by atoms with van der Waals surface area (Å²) in [5.74, 6) is 0.287. The number of pyridine rings is 1. The van der Waals surface area contributed by atoms with Gasteiger partial charge in [0.15, 0.2) is 0 Å². The molecule has 1 saturated heterocycles. The number of hydrogen-bond donors (Lipinski definition) is 1. The van der Waals surface area contributed by atoms with Crippen molar-refractivity contribution in [2.24, 2.45) is 0 Å². The van der Waals surface area contributed by atoms with Gasteiger partial charge in [0.2, 0.25) is 10.0 Å². The summed E-state index contributed by atoms with van der Waals surface area (Å²) >= 11 is 0. The highest BCUT2D eigenvalue weighted by molar-refractivity contribution is 7.89. The van der Waals surface area contributed by atoms with Crippen LogP contribution in [0.15, 0.2) is 59.8 Å². The molecule has 1 atom stereocenters. The number of anilines is 1. The molecule has 1 amide bonds. The van der Waals surface area contributed by atoms with E-state index >= 15 is 0 Å². The number of carbonyl (C=O) groups is 1. The van der Waals surface area contributed by atoms with Crippen LogP contribution in [0.25, 0.3) is 5.65 Å². The van der Waals surface area contributed by atoms with Gasteiger partial charge in [-0.1, -0.05) is 12.5 Å². The maximum atomic E-state index is 12.9. The molecule has 1 aliphatic heterocycles. The summed E-state index contributed by atoms with van der Waals surface area (Å²) in [5, 5.41) is 2.84. The van der Waals surface area contributed by atoms with Crippen molar-refractivity contribution in [3.63, 3.8) is 0 Å². The van der Waals surface area contributed by atoms with Gasteiger partial charge in [-0.05, 0) is 56.2 Å². The molecular formula is C20H22N4O3S. The smallest absolute Gasteiger partial charge is 0.256 e. The largest absolute Gasteiger partial charge is 0.308 e. The third-order valence-corrected chi connectivity index (χ3v) is 7.16. The molecule has 1 aliphatic rings. The molecule has 4 rings (SSSR count). The molecule has 0 saturated carbocycles. The monoisotopic (exact) mass is 398 g/mol. The summed E-state index contributed by atoms with van der Waals surface area (Å²) in [6.07, 6.45) is 6.23. The van der Waals surface area contributed by atoms with E-state index in [-0.39, 0.29) is 16.8 Å². The van der Waals surface area contributed by atoms with Gasteiger partial charge in [0, 0.05) is 30.5 Å². The van der Waals surface area contributed by atoms with Crippen LogP contribution in [0.5, 0.6) is 0 Å². The fraction of sp³-hybridized carbons (Fsp3) is 0.300. The highest BCUT2D eigenvalue weighted by Crippen LogP contribution is 2.25. The predicted octanol–water partition coefficient (Wildman–Crippen LogP) is 3.15. The fourth-order valence-electron chi connectivity index (χ4n) is 3.58. The molecule has 1 aromatic carbocycles. The summed E-state index contributed by atoms with van der Waals surface area (Å²) in [5.41, 5.74) is 1.12. The van der Waals surface area contributed by atoms with Gasteiger partial charge >= 0.3 is 0 Å². The van der Waals surface area contributed by atoms with Crippen LogP contribution in [0.4, 0.5) is 5.82 Å². The first-order chi connectivity index (χ1) is 13.5. The first kappa shape index (κ1) is 18.6. The van der Waals surface area contributed by atoms with Crippen LogP contribution in [0, 0.1) is 0 Å². The number of benzene rings is 1. The van der Waals surface area contributed by atoms with Gasteiger partial charge in [0.1, 0.15) is 11.5 Å². The van der Waals surface area contributed by atoms with Crippen LogP contribution in [0.2, 0.25) is 0 Å². The molecule has 3 aromatic rings. The lowest BCUT2D eigenvalue weighted by Crippen LogP contribution is -2.41. The van der Waals surface area contributed by atoms with Gasteiger partial charge in [-0.3, -0.25) is 9.20 Å². The molecule has 7 nitrogen and oxygen atoms in total. The normalized spacial score (nSPS) is 18.2. The Kier molecular flexibility index (Phi) is 4.91. The van der Waals surface area contributed by atoms with E-state index < -0.39 is 10.0 Å². The number of aromatic nitrogens is 2. The number of piperidine rings is 1. The second-order valence-corrected chi connectivity index (χ2v) is 8.90. The first-order valence-corrected chi connectivity index (χ1v) is 10.8. The van der Waals surface area contributed by atoms with Crippen LogP contribution in [0.3, 0.4) is 0 Å². The Labute approximate surface area is 164 Å². The standard InChI is InChI=1S/C20H22N4O3S/c1-15-5-2-3-13-24(15)28(26,27)17-10-8-16(9-11-17)20(25)22-19-7-4-6-18-21-12-14-23(18)19/h4,6-12,14-15H,2-3,5,13H2,1H3,(H,22,25)/t15-/m1/s1. The Hall–Kier alpha value is -2.71. The molecule has 8 heteroatoms. The van der Waals surface area contributed by atoms with Crippen molar-refractivity contribution in [2.45, 2.75) is 37.1 Å². The van der Waals surface area contributed by atoms with E-state index in [9.17, 15) is 13.2 Å². The Balaban J connectivity index is 1.54. The van der Waals surface area contributed by atoms with Gasteiger partial charge in [-0.25, -0.2) is 13.4 Å². The zero-order chi connectivity index (χ0) is 19.7. The molecule has 0 unspecified atom stereocenters. The minimum absolute atomic E-state index is 0.00241. The Bertz CT molecular complexity index is 1110. The predicted molar refractivity (Wildman–Crippen MR) is 107 cm³/mol. The number of sulfonamides is 1. The second kappa shape index (κ2) is 7.37. The van der Waals surface area contributed by atoms with Crippen molar-refractivity contribution in [1.29, 1.82) is 0 Å².